The van der Waals surface area contributed by atoms with Crippen LogP contribution in [-0.4, -0.2) is 7.05 Å². The lowest BCUT2D eigenvalue weighted by molar-refractivity contribution is 0.544. The van der Waals surface area contributed by atoms with E-state index in [9.17, 15) is 0 Å². The van der Waals surface area contributed by atoms with Gasteiger partial charge < -0.3 is 9.73 Å². The number of hydrogen-bond acceptors (Lipinski definition) is 2. The topological polar surface area (TPSA) is 25.2 Å². The van der Waals surface area contributed by atoms with Crippen molar-refractivity contribution in [2.24, 2.45) is 0 Å². The average molecular weight is 250 g/mol. The zero-order valence-corrected chi connectivity index (χ0v) is 10.8. The molecule has 0 aliphatic heterocycles. The number of aryl methyl sites for hydroxylation is 1. The Morgan fingerprint density at radius 3 is 2.65 bits per heavy atom. The minimum absolute atomic E-state index is 0.183. The molecule has 0 amide bonds. The van der Waals surface area contributed by atoms with Crippen LogP contribution in [0.15, 0.2) is 41.0 Å². The molecule has 2 rings (SSSR count). The lowest BCUT2D eigenvalue weighted by Gasteiger charge is -2.16. The maximum atomic E-state index is 6.01. The Kier molecular flexibility index (Phi) is 3.87. The molecular formula is C14H16ClNO. The second-order valence-electron chi connectivity index (χ2n) is 4.12. The molecule has 1 atom stereocenters. The summed E-state index contributed by atoms with van der Waals surface area (Å²) < 4.78 is 5.14. The Bertz CT molecular complexity index is 492. The normalized spacial score (nSPS) is 12.6. The van der Waals surface area contributed by atoms with Gasteiger partial charge in [-0.05, 0) is 49.2 Å². The monoisotopic (exact) mass is 249 g/mol. The lowest BCUT2D eigenvalue weighted by atomic mass is 9.98. The molecule has 1 unspecified atom stereocenters. The molecule has 0 spiro atoms. The summed E-state index contributed by atoms with van der Waals surface area (Å²) in [5.74, 6) is 0. The van der Waals surface area contributed by atoms with Gasteiger partial charge in [-0.2, -0.15) is 0 Å². The summed E-state index contributed by atoms with van der Waals surface area (Å²) in [6, 6.07) is 10.5. The predicted octanol–water partition coefficient (Wildman–Crippen LogP) is 3.74. The Balaban J connectivity index is 2.22. The van der Waals surface area contributed by atoms with Gasteiger partial charge in [-0.1, -0.05) is 24.3 Å². The molecule has 1 N–H and O–H groups in total. The molecule has 0 fully saturated rings. The van der Waals surface area contributed by atoms with Gasteiger partial charge in [0.15, 0.2) is 5.22 Å². The van der Waals surface area contributed by atoms with Gasteiger partial charge in [-0.25, -0.2) is 0 Å². The summed E-state index contributed by atoms with van der Waals surface area (Å²) >= 11 is 6.01. The average Bonchev–Trinajstić information content (AvgIpc) is 2.75. The van der Waals surface area contributed by atoms with E-state index < -0.39 is 0 Å². The highest BCUT2D eigenvalue weighted by Crippen LogP contribution is 2.27. The first kappa shape index (κ1) is 12.2. The van der Waals surface area contributed by atoms with Crippen molar-refractivity contribution in [3.8, 4) is 0 Å². The second kappa shape index (κ2) is 5.39. The Labute approximate surface area is 107 Å². The van der Waals surface area contributed by atoms with Crippen LogP contribution in [0, 0.1) is 6.92 Å². The van der Waals surface area contributed by atoms with Gasteiger partial charge in [0.25, 0.3) is 0 Å². The van der Waals surface area contributed by atoms with Crippen LogP contribution in [0.1, 0.15) is 22.7 Å². The predicted molar refractivity (Wildman–Crippen MR) is 70.4 cm³/mol. The zero-order valence-electron chi connectivity index (χ0n) is 10.0. The van der Waals surface area contributed by atoms with E-state index in [2.05, 4.69) is 36.5 Å². The first-order valence-electron chi connectivity index (χ1n) is 5.67. The van der Waals surface area contributed by atoms with Crippen molar-refractivity contribution in [2.75, 3.05) is 7.05 Å². The van der Waals surface area contributed by atoms with Crippen molar-refractivity contribution in [3.63, 3.8) is 0 Å². The highest BCUT2D eigenvalue weighted by molar-refractivity contribution is 6.29. The number of likely N-dealkylation sites (N-methyl/N-ethyl adjacent to an activating group) is 1. The van der Waals surface area contributed by atoms with Gasteiger partial charge in [-0.15, -0.1) is 0 Å². The molecule has 90 valence electrons. The molecule has 1 aromatic heterocycles. The van der Waals surface area contributed by atoms with Crippen molar-refractivity contribution >= 4 is 11.6 Å². The minimum Gasteiger partial charge on any atom is -0.453 e. The molecule has 2 nitrogen and oxygen atoms in total. The molecule has 0 saturated heterocycles. The van der Waals surface area contributed by atoms with Crippen molar-refractivity contribution < 1.29 is 4.42 Å². The van der Waals surface area contributed by atoms with Crippen LogP contribution in [0.25, 0.3) is 0 Å². The third-order valence-corrected chi connectivity index (χ3v) is 3.36. The van der Waals surface area contributed by atoms with Crippen molar-refractivity contribution in [2.45, 2.75) is 19.4 Å². The first-order valence-corrected chi connectivity index (χ1v) is 6.05. The summed E-state index contributed by atoms with van der Waals surface area (Å²) in [6.45, 7) is 2.12. The van der Waals surface area contributed by atoms with Gasteiger partial charge in [0, 0.05) is 11.6 Å². The number of rotatable bonds is 4. The number of nitrogens with one attached hydrogen (secondary N) is 1. The van der Waals surface area contributed by atoms with Gasteiger partial charge in [0.1, 0.15) is 0 Å². The highest BCUT2D eigenvalue weighted by atomic mass is 35.5. The summed E-state index contributed by atoms with van der Waals surface area (Å²) in [6.07, 6.45) is 2.53. The number of halogens is 1. The van der Waals surface area contributed by atoms with Crippen molar-refractivity contribution in [3.05, 3.63) is 58.5 Å². The van der Waals surface area contributed by atoms with Crippen LogP contribution in [0.3, 0.4) is 0 Å². The molecule has 3 heteroatoms. The van der Waals surface area contributed by atoms with Crippen molar-refractivity contribution in [1.82, 2.24) is 5.32 Å². The maximum Gasteiger partial charge on any atom is 0.197 e. The van der Waals surface area contributed by atoms with Crippen LogP contribution in [0.2, 0.25) is 5.22 Å². The first-order chi connectivity index (χ1) is 8.22. The van der Waals surface area contributed by atoms with E-state index in [-0.39, 0.29) is 6.04 Å². The standard InChI is InChI=1S/C14H16ClNO/c1-10-5-3-4-6-11(10)9-13(16-2)12-7-8-17-14(12)15/h3-8,13,16H,9H2,1-2H3. The fourth-order valence-electron chi connectivity index (χ4n) is 1.98. The van der Waals surface area contributed by atoms with E-state index in [0.717, 1.165) is 12.0 Å². The van der Waals surface area contributed by atoms with Gasteiger partial charge in [-0.3, -0.25) is 0 Å². The molecule has 17 heavy (non-hydrogen) atoms. The third kappa shape index (κ3) is 2.71. The number of benzene rings is 1. The van der Waals surface area contributed by atoms with E-state index in [1.807, 2.05) is 13.1 Å². The van der Waals surface area contributed by atoms with Crippen LogP contribution >= 0.6 is 11.6 Å². The van der Waals surface area contributed by atoms with Gasteiger partial charge in [0.05, 0.1) is 6.26 Å². The van der Waals surface area contributed by atoms with Crippen LogP contribution in [-0.2, 0) is 6.42 Å². The maximum absolute atomic E-state index is 6.01. The van der Waals surface area contributed by atoms with E-state index in [1.165, 1.54) is 11.1 Å². The van der Waals surface area contributed by atoms with Crippen molar-refractivity contribution in [1.29, 1.82) is 0 Å². The summed E-state index contributed by atoms with van der Waals surface area (Å²) in [5, 5.41) is 3.75. The highest BCUT2D eigenvalue weighted by Gasteiger charge is 2.16. The Morgan fingerprint density at radius 1 is 1.29 bits per heavy atom. The number of furan rings is 1. The third-order valence-electron chi connectivity index (χ3n) is 3.06. The minimum atomic E-state index is 0.183. The fraction of sp³-hybridized carbons (Fsp3) is 0.286. The molecule has 0 radical (unpaired) electrons. The molecule has 1 aromatic carbocycles. The summed E-state index contributed by atoms with van der Waals surface area (Å²) in [5.41, 5.74) is 3.63. The second-order valence-corrected chi connectivity index (χ2v) is 4.46. The molecule has 0 aliphatic carbocycles. The Hall–Kier alpha value is -1.25. The van der Waals surface area contributed by atoms with E-state index >= 15 is 0 Å². The zero-order chi connectivity index (χ0) is 12.3. The fourth-order valence-corrected chi connectivity index (χ4v) is 2.23. The molecule has 0 aliphatic rings. The van der Waals surface area contributed by atoms with Crippen LogP contribution < -0.4 is 5.32 Å². The summed E-state index contributed by atoms with van der Waals surface area (Å²) in [4.78, 5) is 0. The molecule has 0 saturated carbocycles. The Morgan fingerprint density at radius 2 is 2.06 bits per heavy atom. The summed E-state index contributed by atoms with van der Waals surface area (Å²) in [7, 11) is 1.94. The van der Waals surface area contributed by atoms with Crippen LogP contribution in [0.5, 0.6) is 0 Å². The van der Waals surface area contributed by atoms with E-state index in [1.54, 1.807) is 6.26 Å². The molecule has 1 heterocycles. The molecule has 2 aromatic rings. The smallest absolute Gasteiger partial charge is 0.197 e. The van der Waals surface area contributed by atoms with Gasteiger partial charge >= 0.3 is 0 Å². The SMILES string of the molecule is CNC(Cc1ccccc1C)c1ccoc1Cl. The van der Waals surface area contributed by atoms with Crippen LogP contribution in [0.4, 0.5) is 0 Å². The molecular weight excluding hydrogens is 234 g/mol. The van der Waals surface area contributed by atoms with E-state index in [4.69, 9.17) is 16.0 Å². The van der Waals surface area contributed by atoms with E-state index in [0.29, 0.717) is 5.22 Å². The number of hydrogen-bond donors (Lipinski definition) is 1. The van der Waals surface area contributed by atoms with Gasteiger partial charge in [0.2, 0.25) is 0 Å². The lowest BCUT2D eigenvalue weighted by Crippen LogP contribution is -2.19. The molecule has 0 bridgehead atoms. The quantitative estimate of drug-likeness (QED) is 0.893. The largest absolute Gasteiger partial charge is 0.453 e.